The van der Waals surface area contributed by atoms with Crippen LogP contribution in [0.1, 0.15) is 6.92 Å². The molecule has 0 saturated carbocycles. The molecule has 4 rings (SSSR count). The van der Waals surface area contributed by atoms with Crippen LogP contribution in [0.25, 0.3) is 10.8 Å². The van der Waals surface area contributed by atoms with E-state index in [-0.39, 0.29) is 6.04 Å². The number of anilines is 1. The van der Waals surface area contributed by atoms with Crippen molar-refractivity contribution in [3.63, 3.8) is 0 Å². The standard InChI is InChI=1S/C19H17NO3S/c1-14-13-23-18-11-5-4-10-17(18)20(14)24(21,22)19-12-6-8-15-7-2-3-9-16(15)19/h2-12,14H,13H2,1H3. The molecule has 1 heterocycles. The zero-order valence-electron chi connectivity index (χ0n) is 13.2. The molecule has 1 aliphatic rings. The Labute approximate surface area is 141 Å². The summed E-state index contributed by atoms with van der Waals surface area (Å²) >= 11 is 0. The third-order valence-corrected chi connectivity index (χ3v) is 6.26. The summed E-state index contributed by atoms with van der Waals surface area (Å²) in [6.45, 7) is 2.19. The van der Waals surface area contributed by atoms with Crippen LogP contribution in [-0.4, -0.2) is 21.1 Å². The van der Waals surface area contributed by atoms with E-state index in [4.69, 9.17) is 4.74 Å². The van der Waals surface area contributed by atoms with Gasteiger partial charge in [-0.25, -0.2) is 8.42 Å². The summed E-state index contributed by atoms with van der Waals surface area (Å²) in [5.41, 5.74) is 0.587. The van der Waals surface area contributed by atoms with Crippen molar-refractivity contribution in [2.24, 2.45) is 0 Å². The predicted molar refractivity (Wildman–Crippen MR) is 95.0 cm³/mol. The maximum absolute atomic E-state index is 13.4. The summed E-state index contributed by atoms with van der Waals surface area (Å²) < 4.78 is 34.0. The number of benzene rings is 3. The van der Waals surface area contributed by atoms with Crippen molar-refractivity contribution in [3.05, 3.63) is 66.7 Å². The van der Waals surface area contributed by atoms with Gasteiger partial charge in [0.15, 0.2) is 0 Å². The summed E-state index contributed by atoms with van der Waals surface area (Å²) in [5.74, 6) is 0.597. The third kappa shape index (κ3) is 2.24. The number of hydrogen-bond acceptors (Lipinski definition) is 3. The fraction of sp³-hybridized carbons (Fsp3) is 0.158. The van der Waals surface area contributed by atoms with Gasteiger partial charge in [0, 0.05) is 5.39 Å². The summed E-state index contributed by atoms with van der Waals surface area (Å²) in [7, 11) is -3.70. The minimum absolute atomic E-state index is 0.274. The van der Waals surface area contributed by atoms with Crippen molar-refractivity contribution in [2.45, 2.75) is 17.9 Å². The molecule has 0 N–H and O–H groups in total. The van der Waals surface area contributed by atoms with Gasteiger partial charge in [-0.2, -0.15) is 0 Å². The van der Waals surface area contributed by atoms with Crippen molar-refractivity contribution in [3.8, 4) is 5.75 Å². The highest BCUT2D eigenvalue weighted by Gasteiger charge is 2.35. The number of ether oxygens (including phenoxy) is 1. The monoisotopic (exact) mass is 339 g/mol. The minimum atomic E-state index is -3.70. The molecule has 5 heteroatoms. The van der Waals surface area contributed by atoms with Crippen LogP contribution in [0.4, 0.5) is 5.69 Å². The summed E-state index contributed by atoms with van der Waals surface area (Å²) in [6.07, 6.45) is 0. The number of hydrogen-bond donors (Lipinski definition) is 0. The topological polar surface area (TPSA) is 46.6 Å². The molecule has 0 spiro atoms. The molecule has 0 aromatic heterocycles. The van der Waals surface area contributed by atoms with Gasteiger partial charge in [-0.15, -0.1) is 0 Å². The first kappa shape index (κ1) is 15.0. The molecule has 4 nitrogen and oxygen atoms in total. The molecule has 122 valence electrons. The van der Waals surface area contributed by atoms with E-state index in [9.17, 15) is 8.42 Å². The normalized spacial score (nSPS) is 17.4. The number of rotatable bonds is 2. The third-order valence-electron chi connectivity index (χ3n) is 4.27. The first-order valence-corrected chi connectivity index (χ1v) is 9.27. The molecule has 0 saturated heterocycles. The van der Waals surface area contributed by atoms with Gasteiger partial charge in [0.2, 0.25) is 0 Å². The van der Waals surface area contributed by atoms with Crippen LogP contribution in [0.15, 0.2) is 71.6 Å². The Morgan fingerprint density at radius 3 is 2.54 bits per heavy atom. The highest BCUT2D eigenvalue weighted by atomic mass is 32.2. The SMILES string of the molecule is CC1COc2ccccc2N1S(=O)(=O)c1cccc2ccccc12. The molecule has 1 atom stereocenters. The first-order chi connectivity index (χ1) is 11.6. The molecule has 0 aliphatic carbocycles. The lowest BCUT2D eigenvalue weighted by atomic mass is 10.1. The lowest BCUT2D eigenvalue weighted by Gasteiger charge is -2.35. The Balaban J connectivity index is 1.95. The van der Waals surface area contributed by atoms with Gasteiger partial charge in [-0.3, -0.25) is 4.31 Å². The molecular formula is C19H17NO3S. The molecule has 3 aromatic carbocycles. The van der Waals surface area contributed by atoms with Gasteiger partial charge in [0.1, 0.15) is 12.4 Å². The highest BCUT2D eigenvalue weighted by Crippen LogP contribution is 2.38. The largest absolute Gasteiger partial charge is 0.489 e. The maximum atomic E-state index is 13.4. The molecule has 3 aromatic rings. The van der Waals surface area contributed by atoms with Crippen molar-refractivity contribution < 1.29 is 13.2 Å². The zero-order chi connectivity index (χ0) is 16.7. The van der Waals surface area contributed by atoms with Gasteiger partial charge in [-0.1, -0.05) is 48.5 Å². The van der Waals surface area contributed by atoms with Gasteiger partial charge < -0.3 is 4.74 Å². The smallest absolute Gasteiger partial charge is 0.265 e. The van der Waals surface area contributed by atoms with Crippen molar-refractivity contribution in [1.82, 2.24) is 0 Å². The van der Waals surface area contributed by atoms with E-state index in [2.05, 4.69) is 0 Å². The average molecular weight is 339 g/mol. The lowest BCUT2D eigenvalue weighted by Crippen LogP contribution is -2.45. The summed E-state index contributed by atoms with van der Waals surface area (Å²) in [5, 5.41) is 1.64. The molecule has 0 amide bonds. The lowest BCUT2D eigenvalue weighted by molar-refractivity contribution is 0.281. The van der Waals surface area contributed by atoms with E-state index in [0.717, 1.165) is 10.8 Å². The molecule has 0 fully saturated rings. The van der Waals surface area contributed by atoms with Gasteiger partial charge in [0.05, 0.1) is 16.6 Å². The van der Waals surface area contributed by atoms with Gasteiger partial charge in [-0.05, 0) is 30.5 Å². The molecule has 1 aliphatic heterocycles. The van der Waals surface area contributed by atoms with E-state index in [1.54, 1.807) is 24.3 Å². The second kappa shape index (κ2) is 5.53. The number of fused-ring (bicyclic) bond motifs is 2. The van der Waals surface area contributed by atoms with Crippen LogP contribution in [0.3, 0.4) is 0 Å². The maximum Gasteiger partial charge on any atom is 0.265 e. The molecule has 1 unspecified atom stereocenters. The van der Waals surface area contributed by atoms with Gasteiger partial charge in [0.25, 0.3) is 10.0 Å². The van der Waals surface area contributed by atoms with E-state index in [0.29, 0.717) is 22.9 Å². The Morgan fingerprint density at radius 2 is 1.67 bits per heavy atom. The average Bonchev–Trinajstić information content (AvgIpc) is 2.60. The fourth-order valence-electron chi connectivity index (χ4n) is 3.17. The Morgan fingerprint density at radius 1 is 0.958 bits per heavy atom. The molecule has 24 heavy (non-hydrogen) atoms. The second-order valence-corrected chi connectivity index (χ2v) is 7.69. The van der Waals surface area contributed by atoms with Crippen molar-refractivity contribution in [2.75, 3.05) is 10.9 Å². The van der Waals surface area contributed by atoms with Crippen LogP contribution in [0, 0.1) is 0 Å². The van der Waals surface area contributed by atoms with Crippen LogP contribution in [0.5, 0.6) is 5.75 Å². The van der Waals surface area contributed by atoms with Crippen LogP contribution >= 0.6 is 0 Å². The van der Waals surface area contributed by atoms with Gasteiger partial charge >= 0.3 is 0 Å². The van der Waals surface area contributed by atoms with E-state index in [1.807, 2.05) is 49.4 Å². The van der Waals surface area contributed by atoms with E-state index in [1.165, 1.54) is 4.31 Å². The quantitative estimate of drug-likeness (QED) is 0.713. The highest BCUT2D eigenvalue weighted by molar-refractivity contribution is 7.93. The zero-order valence-corrected chi connectivity index (χ0v) is 14.0. The molecule has 0 radical (unpaired) electrons. The summed E-state index contributed by atoms with van der Waals surface area (Å²) in [6, 6.07) is 19.9. The van der Waals surface area contributed by atoms with E-state index < -0.39 is 10.0 Å². The Bertz CT molecular complexity index is 1010. The first-order valence-electron chi connectivity index (χ1n) is 7.83. The van der Waals surface area contributed by atoms with Crippen LogP contribution in [0.2, 0.25) is 0 Å². The number of para-hydroxylation sites is 2. The Kier molecular flexibility index (Phi) is 3.46. The summed E-state index contributed by atoms with van der Waals surface area (Å²) in [4.78, 5) is 0.323. The second-order valence-electron chi connectivity index (χ2n) is 5.91. The Hall–Kier alpha value is -2.53. The molecular weight excluding hydrogens is 322 g/mol. The van der Waals surface area contributed by atoms with E-state index >= 15 is 0 Å². The fourth-order valence-corrected chi connectivity index (χ4v) is 5.04. The molecule has 0 bridgehead atoms. The van der Waals surface area contributed by atoms with Crippen LogP contribution in [-0.2, 0) is 10.0 Å². The van der Waals surface area contributed by atoms with Crippen molar-refractivity contribution >= 4 is 26.5 Å². The predicted octanol–water partition coefficient (Wildman–Crippen LogP) is 3.82. The number of sulfonamides is 1. The number of nitrogens with zero attached hydrogens (tertiary/aromatic N) is 1. The minimum Gasteiger partial charge on any atom is -0.489 e. The van der Waals surface area contributed by atoms with Crippen LogP contribution < -0.4 is 9.04 Å². The van der Waals surface area contributed by atoms with Crippen molar-refractivity contribution in [1.29, 1.82) is 0 Å².